The molecular weight excluding hydrogens is 915 g/mol. The molecule has 0 aliphatic rings. The van der Waals surface area contributed by atoms with E-state index in [1.54, 1.807) is 28.4 Å². The summed E-state index contributed by atoms with van der Waals surface area (Å²) in [5.41, 5.74) is 6.00. The van der Waals surface area contributed by atoms with Crippen LogP contribution in [0.4, 0.5) is 0 Å². The third-order valence-electron chi connectivity index (χ3n) is 8.69. The Morgan fingerprint density at radius 1 is 0.464 bits per heavy atom. The third kappa shape index (κ3) is 38.5. The van der Waals surface area contributed by atoms with Crippen molar-refractivity contribution in [1.82, 2.24) is 0 Å². The van der Waals surface area contributed by atoms with Gasteiger partial charge in [0.25, 0.3) is 0 Å². The fraction of sp³-hybridized carbons (Fsp3) is 0.809. The van der Waals surface area contributed by atoms with E-state index in [1.807, 2.05) is 0 Å². The molecule has 69 heavy (non-hydrogen) atoms. The first-order chi connectivity index (χ1) is 34.0. The van der Waals surface area contributed by atoms with Crippen LogP contribution in [0.5, 0.6) is 17.2 Å². The highest BCUT2D eigenvalue weighted by atomic mass is 16.6. The minimum absolute atomic E-state index is 0.0278. The van der Waals surface area contributed by atoms with Crippen LogP contribution in [0.3, 0.4) is 0 Å². The molecule has 0 aromatic heterocycles. The van der Waals surface area contributed by atoms with Crippen LogP contribution in [-0.4, -0.2) is 251 Å². The Morgan fingerprint density at radius 2 is 0.754 bits per heavy atom. The maximum Gasteiger partial charge on any atom is 0.338 e. The van der Waals surface area contributed by atoms with E-state index in [1.165, 1.54) is 18.2 Å². The second-order valence-corrected chi connectivity index (χ2v) is 14.3. The molecule has 0 atom stereocenters. The highest BCUT2D eigenvalue weighted by Gasteiger charge is 2.25. The molecule has 404 valence electrons. The molecule has 22 nitrogen and oxygen atoms in total. The summed E-state index contributed by atoms with van der Waals surface area (Å²) in [5.74, 6) is -0.0985. The standard InChI is InChI=1S/C47H85NO21/c1-6-9-67-47(49)41-35-44(68-42(37-62-31-27-58-23-19-54-15-11-50-2)38-63-32-28-59-24-20-55-16-12-51-3)46(66-10-7-8-48)45(36-41)69-43(39-64-33-29-60-25-21-56-17-13-52-4)40-65-34-30-61-26-22-57-18-14-53-5/h6,35-36,42-43H,1,7-34,37-40,48H2,2-5H3. The second kappa shape index (κ2) is 50.1. The normalized spacial score (nSPS) is 11.5. The van der Waals surface area contributed by atoms with E-state index < -0.39 is 18.2 Å². The SMILES string of the molecule is C=CCOC(=O)c1cc(OC(COCCOCCOCCOC)COCCOCCOCCOC)c(OCCCN)c(OC(COCCOCCOCCOC)COCCOCCOCCOC)c1. The van der Waals surface area contributed by atoms with Gasteiger partial charge in [-0.3, -0.25) is 0 Å². The lowest BCUT2D eigenvalue weighted by atomic mass is 10.1. The van der Waals surface area contributed by atoms with Crippen molar-refractivity contribution in [2.45, 2.75) is 18.6 Å². The number of hydrogen-bond acceptors (Lipinski definition) is 22. The molecule has 0 amide bonds. The molecule has 0 aliphatic carbocycles. The minimum atomic E-state index is -0.706. The Bertz CT molecular complexity index is 1160. The van der Waals surface area contributed by atoms with Crippen LogP contribution in [-0.2, 0) is 80.5 Å². The summed E-state index contributed by atoms with van der Waals surface area (Å²) in [7, 11) is 6.46. The van der Waals surface area contributed by atoms with Gasteiger partial charge >= 0.3 is 5.97 Å². The van der Waals surface area contributed by atoms with Gasteiger partial charge in [0.2, 0.25) is 5.75 Å². The molecule has 0 saturated heterocycles. The van der Waals surface area contributed by atoms with Crippen molar-refractivity contribution in [1.29, 1.82) is 0 Å². The second-order valence-electron chi connectivity index (χ2n) is 14.3. The molecule has 2 N–H and O–H groups in total. The van der Waals surface area contributed by atoms with Crippen molar-refractivity contribution in [3.63, 3.8) is 0 Å². The summed E-state index contributed by atoms with van der Waals surface area (Å²) in [6.07, 6.45) is 0.570. The molecule has 0 bridgehead atoms. The van der Waals surface area contributed by atoms with Gasteiger partial charge in [-0.1, -0.05) is 12.7 Å². The monoisotopic (exact) mass is 1000 g/mol. The molecule has 0 saturated carbocycles. The van der Waals surface area contributed by atoms with Gasteiger partial charge in [-0.05, 0) is 25.1 Å². The Hall–Kier alpha value is -2.85. The van der Waals surface area contributed by atoms with E-state index in [0.717, 1.165) is 0 Å². The predicted molar refractivity (Wildman–Crippen MR) is 252 cm³/mol. The molecule has 0 spiro atoms. The lowest BCUT2D eigenvalue weighted by Gasteiger charge is -2.25. The smallest absolute Gasteiger partial charge is 0.338 e. The fourth-order valence-electron chi connectivity index (χ4n) is 5.27. The Morgan fingerprint density at radius 3 is 1.03 bits per heavy atom. The van der Waals surface area contributed by atoms with E-state index in [-0.39, 0.29) is 88.9 Å². The minimum Gasteiger partial charge on any atom is -0.486 e. The summed E-state index contributed by atoms with van der Waals surface area (Å²) < 4.78 is 114. The summed E-state index contributed by atoms with van der Waals surface area (Å²) in [6, 6.07) is 3.05. The van der Waals surface area contributed by atoms with Crippen LogP contribution in [0.25, 0.3) is 0 Å². The number of carbonyl (C=O) groups is 1. The first-order valence-electron chi connectivity index (χ1n) is 23.5. The number of ether oxygens (including phenoxy) is 20. The Balaban J connectivity index is 3.33. The van der Waals surface area contributed by atoms with Crippen LogP contribution >= 0.6 is 0 Å². The topological polar surface area (TPSA) is 228 Å². The van der Waals surface area contributed by atoms with Gasteiger partial charge in [-0.15, -0.1) is 0 Å². The van der Waals surface area contributed by atoms with E-state index in [0.29, 0.717) is 145 Å². The highest BCUT2D eigenvalue weighted by Crippen LogP contribution is 2.40. The van der Waals surface area contributed by atoms with Crippen molar-refractivity contribution in [3.8, 4) is 17.2 Å². The molecule has 0 aliphatic heterocycles. The quantitative estimate of drug-likeness (QED) is 0.0560. The molecule has 0 fully saturated rings. The molecular formula is C47H85NO21. The number of hydrogen-bond donors (Lipinski definition) is 1. The van der Waals surface area contributed by atoms with Gasteiger partial charge < -0.3 is 100 Å². The van der Waals surface area contributed by atoms with Gasteiger partial charge in [0.15, 0.2) is 11.5 Å². The fourth-order valence-corrected chi connectivity index (χ4v) is 5.27. The molecule has 0 radical (unpaired) electrons. The van der Waals surface area contributed by atoms with Gasteiger partial charge in [0, 0.05) is 28.4 Å². The summed E-state index contributed by atoms with van der Waals surface area (Å²) in [5, 5.41) is 0. The van der Waals surface area contributed by atoms with Crippen molar-refractivity contribution in [2.24, 2.45) is 5.73 Å². The summed E-state index contributed by atoms with van der Waals surface area (Å²) >= 11 is 0. The summed E-state index contributed by atoms with van der Waals surface area (Å²) in [4.78, 5) is 13.5. The van der Waals surface area contributed by atoms with Gasteiger partial charge in [0.1, 0.15) is 18.8 Å². The van der Waals surface area contributed by atoms with Crippen molar-refractivity contribution in [3.05, 3.63) is 30.4 Å². The van der Waals surface area contributed by atoms with Crippen LogP contribution in [0, 0.1) is 0 Å². The Kier molecular flexibility index (Phi) is 46.6. The zero-order chi connectivity index (χ0) is 49.9. The van der Waals surface area contributed by atoms with E-state index in [2.05, 4.69) is 6.58 Å². The number of esters is 1. The average Bonchev–Trinajstić information content (AvgIpc) is 3.35. The number of carbonyl (C=O) groups excluding carboxylic acids is 1. The number of rotatable bonds is 55. The number of benzene rings is 1. The lowest BCUT2D eigenvalue weighted by Crippen LogP contribution is -2.31. The maximum atomic E-state index is 13.5. The first-order valence-corrected chi connectivity index (χ1v) is 23.5. The van der Waals surface area contributed by atoms with Crippen LogP contribution < -0.4 is 19.9 Å². The first kappa shape index (κ1) is 64.2. The zero-order valence-electron chi connectivity index (χ0n) is 41.9. The van der Waals surface area contributed by atoms with Crippen LogP contribution in [0.15, 0.2) is 24.8 Å². The van der Waals surface area contributed by atoms with Crippen LogP contribution in [0.1, 0.15) is 16.8 Å². The van der Waals surface area contributed by atoms with Crippen molar-refractivity contribution >= 4 is 5.97 Å². The molecule has 1 aromatic carbocycles. The van der Waals surface area contributed by atoms with E-state index >= 15 is 0 Å². The zero-order valence-corrected chi connectivity index (χ0v) is 41.9. The Labute approximate surface area is 409 Å². The van der Waals surface area contributed by atoms with E-state index in [9.17, 15) is 4.79 Å². The predicted octanol–water partition coefficient (Wildman–Crippen LogP) is 2.04. The van der Waals surface area contributed by atoms with Gasteiger partial charge in [-0.25, -0.2) is 4.79 Å². The number of methoxy groups -OCH3 is 4. The molecule has 0 unspecified atom stereocenters. The highest BCUT2D eigenvalue weighted by molar-refractivity contribution is 5.91. The molecule has 0 heterocycles. The van der Waals surface area contributed by atoms with Crippen molar-refractivity contribution < 1.29 is 99.5 Å². The molecule has 22 heteroatoms. The summed E-state index contributed by atoms with van der Waals surface area (Å²) in [6.45, 7) is 14.0. The van der Waals surface area contributed by atoms with E-state index in [4.69, 9.17) is 100 Å². The average molecular weight is 1000 g/mol. The largest absolute Gasteiger partial charge is 0.486 e. The molecule has 1 rings (SSSR count). The van der Waals surface area contributed by atoms with Crippen molar-refractivity contribution in [2.75, 3.05) is 233 Å². The van der Waals surface area contributed by atoms with Gasteiger partial charge in [0.05, 0.1) is 197 Å². The number of nitrogens with two attached hydrogens (primary N) is 1. The maximum absolute atomic E-state index is 13.5. The van der Waals surface area contributed by atoms with Gasteiger partial charge in [-0.2, -0.15) is 0 Å². The molecule has 1 aromatic rings. The third-order valence-corrected chi connectivity index (χ3v) is 8.69. The lowest BCUT2D eigenvalue weighted by molar-refractivity contribution is -0.0434. The van der Waals surface area contributed by atoms with Crippen LogP contribution in [0.2, 0.25) is 0 Å².